The van der Waals surface area contributed by atoms with Gasteiger partial charge in [0.2, 0.25) is 0 Å². The summed E-state index contributed by atoms with van der Waals surface area (Å²) < 4.78 is 16.7. The number of nitrogens with zero attached hydrogens (tertiary/aromatic N) is 1. The molecule has 2 N–H and O–H groups in total. The highest BCUT2D eigenvalue weighted by Gasteiger charge is 2.14. The first-order valence-corrected chi connectivity index (χ1v) is 9.99. The van der Waals surface area contributed by atoms with Crippen LogP contribution in [0.4, 0.5) is 0 Å². The average Bonchev–Trinajstić information content (AvgIpc) is 3.28. The minimum atomic E-state index is -0.979. The van der Waals surface area contributed by atoms with Crippen LogP contribution in [-0.4, -0.2) is 30.3 Å². The van der Waals surface area contributed by atoms with E-state index in [4.69, 9.17) is 19.0 Å². The number of hydrogen-bond acceptors (Lipinski definition) is 6. The maximum atomic E-state index is 12.4. The van der Waals surface area contributed by atoms with Crippen molar-refractivity contribution in [2.45, 2.75) is 6.61 Å². The molecule has 0 saturated carbocycles. The van der Waals surface area contributed by atoms with Gasteiger partial charge in [-0.1, -0.05) is 36.4 Å². The first kappa shape index (κ1) is 21.6. The van der Waals surface area contributed by atoms with Crippen molar-refractivity contribution in [2.75, 3.05) is 7.11 Å². The number of methoxy groups -OCH3 is 1. The van der Waals surface area contributed by atoms with Crippen LogP contribution in [0.2, 0.25) is 0 Å². The molecular weight excluding hydrogens is 424 g/mol. The first-order chi connectivity index (χ1) is 16.0. The molecule has 0 aliphatic carbocycles. The molecule has 0 fully saturated rings. The molecule has 33 heavy (non-hydrogen) atoms. The number of carbonyl (C=O) groups is 2. The van der Waals surface area contributed by atoms with Gasteiger partial charge < -0.3 is 19.0 Å². The highest BCUT2D eigenvalue weighted by atomic mass is 16.5. The maximum Gasteiger partial charge on any atom is 0.335 e. The summed E-state index contributed by atoms with van der Waals surface area (Å²) in [4.78, 5) is 23.4. The van der Waals surface area contributed by atoms with Gasteiger partial charge >= 0.3 is 11.9 Å². The van der Waals surface area contributed by atoms with E-state index in [1.165, 1.54) is 25.5 Å². The van der Waals surface area contributed by atoms with Gasteiger partial charge in [-0.05, 0) is 42.0 Å². The Kier molecular flexibility index (Phi) is 6.36. The number of furan rings is 1. The number of carbonyl (C=O) groups excluding carboxylic acids is 1. The van der Waals surface area contributed by atoms with E-state index in [0.717, 1.165) is 10.9 Å². The molecule has 0 radical (unpaired) electrons. The zero-order valence-corrected chi connectivity index (χ0v) is 17.6. The van der Waals surface area contributed by atoms with Gasteiger partial charge in [0.15, 0.2) is 17.1 Å². The number of rotatable bonds is 8. The van der Waals surface area contributed by atoms with Crippen LogP contribution in [0.1, 0.15) is 32.0 Å². The van der Waals surface area contributed by atoms with Crippen LogP contribution in [0.5, 0.6) is 11.5 Å². The molecule has 166 valence electrons. The van der Waals surface area contributed by atoms with Gasteiger partial charge in [-0.25, -0.2) is 10.2 Å². The van der Waals surface area contributed by atoms with Crippen molar-refractivity contribution in [1.29, 1.82) is 0 Å². The van der Waals surface area contributed by atoms with E-state index in [0.29, 0.717) is 22.6 Å². The van der Waals surface area contributed by atoms with E-state index in [2.05, 4.69) is 10.5 Å². The van der Waals surface area contributed by atoms with Gasteiger partial charge in [0.25, 0.3) is 0 Å². The van der Waals surface area contributed by atoms with E-state index in [9.17, 15) is 9.59 Å². The topological polar surface area (TPSA) is 110 Å². The number of carboxylic acid groups (broad SMARTS) is 1. The predicted octanol–water partition coefficient (Wildman–Crippen LogP) is 4.48. The third-order valence-corrected chi connectivity index (χ3v) is 4.84. The Morgan fingerprint density at radius 2 is 1.79 bits per heavy atom. The standard InChI is InChI=1S/C25H20N2O6/c1-31-21-8-4-6-18-13-22(33-23(18)21)24(28)27-26-14-19-5-2-3-7-20(19)32-15-16-9-11-17(12-10-16)25(29)30/h2-14H,15H2,1H3,(H,27,28)(H,29,30)/b26-14-. The summed E-state index contributed by atoms with van der Waals surface area (Å²) in [5, 5.41) is 13.8. The van der Waals surface area contributed by atoms with E-state index in [1.807, 2.05) is 24.3 Å². The number of hydrogen-bond donors (Lipinski definition) is 2. The minimum absolute atomic E-state index is 0.112. The lowest BCUT2D eigenvalue weighted by molar-refractivity contribution is 0.0696. The third kappa shape index (κ3) is 5.01. The fourth-order valence-electron chi connectivity index (χ4n) is 3.15. The Labute approximate surface area is 189 Å². The number of hydrazone groups is 1. The summed E-state index contributed by atoms with van der Waals surface area (Å²) in [5.41, 5.74) is 4.63. The van der Waals surface area contributed by atoms with Gasteiger partial charge in [-0.15, -0.1) is 0 Å². The second-order valence-electron chi connectivity index (χ2n) is 7.02. The molecule has 0 saturated heterocycles. The Hall–Kier alpha value is -4.59. The summed E-state index contributed by atoms with van der Waals surface area (Å²) in [6, 6.07) is 20.7. The average molecular weight is 444 g/mol. The normalized spacial score (nSPS) is 10.9. The number of nitrogens with one attached hydrogen (secondary N) is 1. The number of benzene rings is 3. The smallest absolute Gasteiger partial charge is 0.335 e. The van der Waals surface area contributed by atoms with Crippen LogP contribution in [-0.2, 0) is 6.61 Å². The summed E-state index contributed by atoms with van der Waals surface area (Å²) in [6.45, 7) is 0.248. The molecule has 0 spiro atoms. The van der Waals surface area contributed by atoms with E-state index >= 15 is 0 Å². The van der Waals surface area contributed by atoms with Gasteiger partial charge in [-0.3, -0.25) is 4.79 Å². The molecule has 0 unspecified atom stereocenters. The zero-order valence-electron chi connectivity index (χ0n) is 17.6. The zero-order chi connectivity index (χ0) is 23.2. The predicted molar refractivity (Wildman–Crippen MR) is 122 cm³/mol. The van der Waals surface area contributed by atoms with Crippen molar-refractivity contribution < 1.29 is 28.6 Å². The van der Waals surface area contributed by atoms with E-state index in [-0.39, 0.29) is 17.9 Å². The quantitative estimate of drug-likeness (QED) is 0.306. The van der Waals surface area contributed by atoms with Crippen molar-refractivity contribution >= 4 is 29.1 Å². The second-order valence-corrected chi connectivity index (χ2v) is 7.02. The molecular formula is C25H20N2O6. The number of fused-ring (bicyclic) bond motifs is 1. The summed E-state index contributed by atoms with van der Waals surface area (Å²) >= 11 is 0. The van der Waals surface area contributed by atoms with Crippen LogP contribution in [0.3, 0.4) is 0 Å². The van der Waals surface area contributed by atoms with Crippen molar-refractivity contribution in [2.24, 2.45) is 5.10 Å². The van der Waals surface area contributed by atoms with E-state index < -0.39 is 11.9 Å². The Morgan fingerprint density at radius 1 is 1.03 bits per heavy atom. The second kappa shape index (κ2) is 9.69. The molecule has 1 amide bonds. The molecule has 1 aromatic heterocycles. The van der Waals surface area contributed by atoms with Crippen molar-refractivity contribution in [3.63, 3.8) is 0 Å². The molecule has 0 atom stereocenters. The van der Waals surface area contributed by atoms with Gasteiger partial charge in [0.1, 0.15) is 12.4 Å². The minimum Gasteiger partial charge on any atom is -0.493 e. The molecule has 0 bridgehead atoms. The molecule has 1 heterocycles. The van der Waals surface area contributed by atoms with Gasteiger partial charge in [0.05, 0.1) is 18.9 Å². The number of carboxylic acids is 1. The number of para-hydroxylation sites is 2. The maximum absolute atomic E-state index is 12.4. The highest BCUT2D eigenvalue weighted by Crippen LogP contribution is 2.28. The lowest BCUT2D eigenvalue weighted by atomic mass is 10.1. The largest absolute Gasteiger partial charge is 0.493 e. The molecule has 3 aromatic carbocycles. The summed E-state index contributed by atoms with van der Waals surface area (Å²) in [7, 11) is 1.53. The summed E-state index contributed by atoms with van der Waals surface area (Å²) in [6.07, 6.45) is 1.48. The number of ether oxygens (including phenoxy) is 2. The fraction of sp³-hybridized carbons (Fsp3) is 0.0800. The van der Waals surface area contributed by atoms with Gasteiger partial charge in [0, 0.05) is 10.9 Å². The Bertz CT molecular complexity index is 1320. The van der Waals surface area contributed by atoms with Crippen LogP contribution in [0, 0.1) is 0 Å². The molecule has 4 aromatic rings. The van der Waals surface area contributed by atoms with Crippen LogP contribution < -0.4 is 14.9 Å². The number of aromatic carboxylic acids is 1. The van der Waals surface area contributed by atoms with Crippen LogP contribution in [0.15, 0.2) is 82.3 Å². The Morgan fingerprint density at radius 3 is 2.55 bits per heavy atom. The third-order valence-electron chi connectivity index (χ3n) is 4.84. The first-order valence-electron chi connectivity index (χ1n) is 9.99. The van der Waals surface area contributed by atoms with Crippen LogP contribution >= 0.6 is 0 Å². The molecule has 0 aliphatic rings. The van der Waals surface area contributed by atoms with Crippen molar-refractivity contribution in [3.05, 3.63) is 95.2 Å². The van der Waals surface area contributed by atoms with Crippen LogP contribution in [0.25, 0.3) is 11.0 Å². The fourth-order valence-corrected chi connectivity index (χ4v) is 3.15. The number of amides is 1. The van der Waals surface area contributed by atoms with E-state index in [1.54, 1.807) is 36.4 Å². The Balaban J connectivity index is 1.41. The molecule has 8 heteroatoms. The lowest BCUT2D eigenvalue weighted by Crippen LogP contribution is -2.16. The SMILES string of the molecule is COc1cccc2cc(C(=O)N/N=C\c3ccccc3OCc3ccc(C(=O)O)cc3)oc12. The highest BCUT2D eigenvalue weighted by molar-refractivity contribution is 5.97. The van der Waals surface area contributed by atoms with Gasteiger partial charge in [-0.2, -0.15) is 5.10 Å². The van der Waals surface area contributed by atoms with Crippen molar-refractivity contribution in [3.8, 4) is 11.5 Å². The lowest BCUT2D eigenvalue weighted by Gasteiger charge is -2.09. The van der Waals surface area contributed by atoms with Crippen molar-refractivity contribution in [1.82, 2.24) is 5.43 Å². The molecule has 4 rings (SSSR count). The summed E-state index contributed by atoms with van der Waals surface area (Å²) in [5.74, 6) is -0.264. The molecule has 8 nitrogen and oxygen atoms in total. The monoisotopic (exact) mass is 444 g/mol. The molecule has 0 aliphatic heterocycles.